The average Bonchev–Trinajstić information content (AvgIpc) is 3.24. The third kappa shape index (κ3) is 3.77. The lowest BCUT2D eigenvalue weighted by atomic mass is 9.82. The molecule has 0 saturated heterocycles. The van der Waals surface area contributed by atoms with Crippen molar-refractivity contribution >= 4 is 17.1 Å². The second-order valence-electron chi connectivity index (χ2n) is 7.06. The van der Waals surface area contributed by atoms with Gasteiger partial charge in [-0.05, 0) is 28.8 Å². The van der Waals surface area contributed by atoms with Crippen molar-refractivity contribution in [3.63, 3.8) is 0 Å². The van der Waals surface area contributed by atoms with E-state index in [4.69, 9.17) is 4.84 Å². The van der Waals surface area contributed by atoms with Crippen LogP contribution in [0.15, 0.2) is 95.2 Å². The van der Waals surface area contributed by atoms with Crippen molar-refractivity contribution in [3.05, 3.63) is 112 Å². The van der Waals surface area contributed by atoms with Crippen LogP contribution in [0.5, 0.6) is 0 Å². The number of nitrogens with zero attached hydrogens (tertiary/aromatic N) is 3. The maximum Gasteiger partial charge on any atom is 0.269 e. The van der Waals surface area contributed by atoms with Gasteiger partial charge >= 0.3 is 0 Å². The summed E-state index contributed by atoms with van der Waals surface area (Å²) in [5, 5.41) is 28.6. The third-order valence-electron chi connectivity index (χ3n) is 5.18. The van der Waals surface area contributed by atoms with Crippen molar-refractivity contribution in [1.29, 1.82) is 0 Å². The molecule has 1 aliphatic heterocycles. The molecule has 0 aliphatic carbocycles. The van der Waals surface area contributed by atoms with E-state index in [1.165, 1.54) is 12.1 Å². The molecule has 0 spiro atoms. The van der Waals surface area contributed by atoms with Gasteiger partial charge in [0.05, 0.1) is 16.3 Å². The van der Waals surface area contributed by atoms with Gasteiger partial charge in [-0.15, -0.1) is 0 Å². The lowest BCUT2D eigenvalue weighted by molar-refractivity contribution is -0.384. The van der Waals surface area contributed by atoms with Gasteiger partial charge in [-0.3, -0.25) is 10.1 Å². The molecule has 7 heteroatoms. The smallest absolute Gasteiger partial charge is 0.269 e. The zero-order valence-electron chi connectivity index (χ0n) is 16.0. The molecule has 1 N–H and O–H groups in total. The number of nitro benzene ring substituents is 1. The van der Waals surface area contributed by atoms with Gasteiger partial charge in [0.15, 0.2) is 5.60 Å². The normalized spacial score (nSPS) is 18.5. The van der Waals surface area contributed by atoms with E-state index in [0.29, 0.717) is 12.1 Å². The zero-order chi connectivity index (χ0) is 21.0. The first-order valence-corrected chi connectivity index (χ1v) is 9.43. The molecular formula is C23H19N3O4. The highest BCUT2D eigenvalue weighted by molar-refractivity contribution is 6.04. The molecule has 1 unspecified atom stereocenters. The first-order chi connectivity index (χ1) is 14.6. The summed E-state index contributed by atoms with van der Waals surface area (Å²) in [6, 6.07) is 25.2. The fraction of sp³-hybridized carbons (Fsp3) is 0.130. The first kappa shape index (κ1) is 19.3. The Balaban J connectivity index is 1.71. The highest BCUT2D eigenvalue weighted by Gasteiger charge is 2.43. The van der Waals surface area contributed by atoms with E-state index in [0.717, 1.165) is 22.4 Å². The number of oxime groups is 2. The monoisotopic (exact) mass is 401 g/mol. The van der Waals surface area contributed by atoms with Gasteiger partial charge in [0.2, 0.25) is 0 Å². The fourth-order valence-corrected chi connectivity index (χ4v) is 3.60. The summed E-state index contributed by atoms with van der Waals surface area (Å²) in [6.07, 6.45) is 0.672. The molecule has 30 heavy (non-hydrogen) atoms. The predicted octanol–water partition coefficient (Wildman–Crippen LogP) is 4.88. The summed E-state index contributed by atoms with van der Waals surface area (Å²) >= 11 is 0. The zero-order valence-corrected chi connectivity index (χ0v) is 16.0. The van der Waals surface area contributed by atoms with Crippen LogP contribution < -0.4 is 0 Å². The Hall–Kier alpha value is -4.00. The molecule has 0 saturated carbocycles. The van der Waals surface area contributed by atoms with Crippen LogP contribution >= 0.6 is 0 Å². The number of hydrogen-bond acceptors (Lipinski definition) is 6. The van der Waals surface area contributed by atoms with Gasteiger partial charge in [-0.2, -0.15) is 0 Å². The fourth-order valence-electron chi connectivity index (χ4n) is 3.60. The van der Waals surface area contributed by atoms with Crippen molar-refractivity contribution in [2.45, 2.75) is 18.4 Å². The number of nitro groups is 1. The molecule has 4 rings (SSSR count). The SMILES string of the molecule is O=[N+]([O-])c1ccc(C2(C/C(=N\O)c3ccccc3)CC(c3ccccc3)=NO2)cc1. The number of rotatable bonds is 6. The van der Waals surface area contributed by atoms with E-state index in [1.54, 1.807) is 12.1 Å². The van der Waals surface area contributed by atoms with E-state index in [9.17, 15) is 15.3 Å². The number of hydrogen-bond donors (Lipinski definition) is 1. The summed E-state index contributed by atoms with van der Waals surface area (Å²) in [6.45, 7) is 0. The second-order valence-corrected chi connectivity index (χ2v) is 7.06. The summed E-state index contributed by atoms with van der Waals surface area (Å²) in [7, 11) is 0. The van der Waals surface area contributed by atoms with Crippen LogP contribution in [-0.2, 0) is 10.4 Å². The third-order valence-corrected chi connectivity index (χ3v) is 5.18. The summed E-state index contributed by atoms with van der Waals surface area (Å²) in [5.41, 5.74) is 2.67. The second kappa shape index (κ2) is 8.16. The van der Waals surface area contributed by atoms with E-state index in [1.807, 2.05) is 60.7 Å². The molecule has 3 aromatic rings. The molecule has 1 heterocycles. The first-order valence-electron chi connectivity index (χ1n) is 9.43. The summed E-state index contributed by atoms with van der Waals surface area (Å²) in [4.78, 5) is 16.6. The van der Waals surface area contributed by atoms with Crippen molar-refractivity contribution in [1.82, 2.24) is 0 Å². The van der Waals surface area contributed by atoms with Gasteiger partial charge < -0.3 is 10.0 Å². The Morgan fingerprint density at radius 2 is 1.67 bits per heavy atom. The van der Waals surface area contributed by atoms with Crippen LogP contribution in [-0.4, -0.2) is 21.6 Å². The van der Waals surface area contributed by atoms with E-state index in [-0.39, 0.29) is 12.1 Å². The highest BCUT2D eigenvalue weighted by atomic mass is 16.7. The van der Waals surface area contributed by atoms with Gasteiger partial charge in [0.1, 0.15) is 0 Å². The van der Waals surface area contributed by atoms with Gasteiger partial charge in [-0.1, -0.05) is 71.0 Å². The molecule has 0 amide bonds. The highest BCUT2D eigenvalue weighted by Crippen LogP contribution is 2.41. The molecule has 150 valence electrons. The molecule has 1 aliphatic rings. The van der Waals surface area contributed by atoms with Crippen LogP contribution in [0, 0.1) is 10.1 Å². The molecule has 0 radical (unpaired) electrons. The number of non-ortho nitro benzene ring substituents is 1. The van der Waals surface area contributed by atoms with Crippen molar-refractivity contribution < 1.29 is 15.0 Å². The number of benzene rings is 3. The van der Waals surface area contributed by atoms with Crippen molar-refractivity contribution in [3.8, 4) is 0 Å². The van der Waals surface area contributed by atoms with E-state index < -0.39 is 10.5 Å². The minimum Gasteiger partial charge on any atom is -0.411 e. The summed E-state index contributed by atoms with van der Waals surface area (Å²) in [5.74, 6) is 0. The van der Waals surface area contributed by atoms with Crippen molar-refractivity contribution in [2.75, 3.05) is 0 Å². The Bertz CT molecular complexity index is 1100. The lowest BCUT2D eigenvalue weighted by Crippen LogP contribution is -2.30. The van der Waals surface area contributed by atoms with Crippen LogP contribution in [0.3, 0.4) is 0 Å². The standard InChI is InChI=1S/C23H19N3O4/c27-24-21(17-7-3-1-4-8-17)15-23(19-11-13-20(14-12-19)26(28)29)16-22(25-30-23)18-9-5-2-6-10-18/h1-14,27H,15-16H2/b24-21+. The van der Waals surface area contributed by atoms with E-state index >= 15 is 0 Å². The van der Waals surface area contributed by atoms with Gasteiger partial charge in [-0.25, -0.2) is 0 Å². The Labute approximate surface area is 173 Å². The average molecular weight is 401 g/mol. The van der Waals surface area contributed by atoms with Crippen molar-refractivity contribution in [2.24, 2.45) is 10.3 Å². The molecule has 7 nitrogen and oxygen atoms in total. The molecule has 3 aromatic carbocycles. The van der Waals surface area contributed by atoms with Crippen LogP contribution in [0.4, 0.5) is 5.69 Å². The molecule has 0 bridgehead atoms. The van der Waals surface area contributed by atoms with Gasteiger partial charge in [0.25, 0.3) is 5.69 Å². The van der Waals surface area contributed by atoms with Gasteiger partial charge in [0, 0.05) is 25.0 Å². The maximum absolute atomic E-state index is 11.1. The largest absolute Gasteiger partial charge is 0.411 e. The summed E-state index contributed by atoms with van der Waals surface area (Å²) < 4.78 is 0. The van der Waals surface area contributed by atoms with E-state index in [2.05, 4.69) is 10.3 Å². The van der Waals surface area contributed by atoms with Crippen LogP contribution in [0.1, 0.15) is 29.5 Å². The Kier molecular flexibility index (Phi) is 5.26. The quantitative estimate of drug-likeness (QED) is 0.275. The molecule has 1 atom stereocenters. The Morgan fingerprint density at radius 1 is 1.03 bits per heavy atom. The molecule has 0 fully saturated rings. The van der Waals surface area contributed by atoms with Crippen LogP contribution in [0.2, 0.25) is 0 Å². The topological polar surface area (TPSA) is 97.3 Å². The maximum atomic E-state index is 11.1. The molecular weight excluding hydrogens is 382 g/mol. The minimum atomic E-state index is -0.947. The van der Waals surface area contributed by atoms with Crippen LogP contribution in [0.25, 0.3) is 0 Å². The minimum absolute atomic E-state index is 0.00444. The molecule has 0 aromatic heterocycles. The predicted molar refractivity (Wildman–Crippen MR) is 113 cm³/mol. The Morgan fingerprint density at radius 3 is 2.27 bits per heavy atom. The lowest BCUT2D eigenvalue weighted by Gasteiger charge is -2.27.